The highest BCUT2D eigenvalue weighted by Gasteiger charge is 2.19. The van der Waals surface area contributed by atoms with Crippen molar-refractivity contribution in [2.75, 3.05) is 5.32 Å². The molecule has 0 unspecified atom stereocenters. The average molecular weight is 298 g/mol. The quantitative estimate of drug-likeness (QED) is 0.535. The molecular formula is C11H8ClN3O3S. The average Bonchev–Trinajstić information content (AvgIpc) is 2.75. The predicted octanol–water partition coefficient (Wildman–Crippen LogP) is 3.27. The number of carbonyl (C=O) groups is 1. The molecule has 0 aliphatic heterocycles. The van der Waals surface area contributed by atoms with E-state index in [9.17, 15) is 14.9 Å². The highest BCUT2D eigenvalue weighted by molar-refractivity contribution is 7.14. The number of aryl methyl sites for hydroxylation is 1. The lowest BCUT2D eigenvalue weighted by Crippen LogP contribution is -2.13. The summed E-state index contributed by atoms with van der Waals surface area (Å²) in [6, 6.07) is 5.93. The summed E-state index contributed by atoms with van der Waals surface area (Å²) in [6.45, 7) is 1.86. The largest absolute Gasteiger partial charge is 0.311 e. The van der Waals surface area contributed by atoms with Crippen LogP contribution in [-0.4, -0.2) is 15.8 Å². The predicted molar refractivity (Wildman–Crippen MR) is 72.9 cm³/mol. The summed E-state index contributed by atoms with van der Waals surface area (Å²) in [6.07, 6.45) is 0. The number of thiophene rings is 1. The molecule has 0 aromatic carbocycles. The van der Waals surface area contributed by atoms with Gasteiger partial charge in [-0.1, -0.05) is 11.6 Å². The van der Waals surface area contributed by atoms with Gasteiger partial charge in [0, 0.05) is 10.9 Å². The summed E-state index contributed by atoms with van der Waals surface area (Å²) in [4.78, 5) is 27.3. The zero-order chi connectivity index (χ0) is 14.0. The van der Waals surface area contributed by atoms with Crippen LogP contribution in [0.2, 0.25) is 5.15 Å². The number of nitro groups is 1. The van der Waals surface area contributed by atoms with E-state index in [1.165, 1.54) is 23.5 Å². The van der Waals surface area contributed by atoms with Gasteiger partial charge in [0.2, 0.25) is 5.82 Å². The van der Waals surface area contributed by atoms with Crippen LogP contribution in [-0.2, 0) is 0 Å². The van der Waals surface area contributed by atoms with Gasteiger partial charge >= 0.3 is 5.69 Å². The summed E-state index contributed by atoms with van der Waals surface area (Å²) < 4.78 is 0. The molecule has 1 N–H and O–H groups in total. The molecule has 0 aliphatic rings. The van der Waals surface area contributed by atoms with Crippen LogP contribution in [0.15, 0.2) is 24.3 Å². The van der Waals surface area contributed by atoms with Crippen molar-refractivity contribution in [3.63, 3.8) is 0 Å². The Kier molecular flexibility index (Phi) is 3.77. The zero-order valence-corrected chi connectivity index (χ0v) is 11.3. The van der Waals surface area contributed by atoms with Crippen molar-refractivity contribution in [1.29, 1.82) is 0 Å². The summed E-state index contributed by atoms with van der Waals surface area (Å²) in [7, 11) is 0. The van der Waals surface area contributed by atoms with Gasteiger partial charge in [0.25, 0.3) is 5.91 Å². The van der Waals surface area contributed by atoms with E-state index in [-0.39, 0.29) is 16.7 Å². The summed E-state index contributed by atoms with van der Waals surface area (Å²) >= 11 is 6.96. The van der Waals surface area contributed by atoms with Crippen molar-refractivity contribution in [3.8, 4) is 0 Å². The number of nitrogens with zero attached hydrogens (tertiary/aromatic N) is 2. The SMILES string of the molecule is Cc1ccc(C(=O)Nc2nc(Cl)ccc2[N+](=O)[O-])s1. The van der Waals surface area contributed by atoms with Crippen molar-refractivity contribution >= 4 is 40.4 Å². The molecule has 0 saturated heterocycles. The maximum Gasteiger partial charge on any atom is 0.311 e. The summed E-state index contributed by atoms with van der Waals surface area (Å²) in [5, 5.41) is 13.3. The Balaban J connectivity index is 2.30. The number of pyridine rings is 1. The zero-order valence-electron chi connectivity index (χ0n) is 9.71. The van der Waals surface area contributed by atoms with Crippen molar-refractivity contribution in [2.45, 2.75) is 6.92 Å². The molecule has 19 heavy (non-hydrogen) atoms. The normalized spacial score (nSPS) is 10.2. The lowest BCUT2D eigenvalue weighted by molar-refractivity contribution is -0.384. The Morgan fingerprint density at radius 2 is 2.16 bits per heavy atom. The van der Waals surface area contributed by atoms with E-state index < -0.39 is 10.8 Å². The standard InChI is InChI=1S/C11H8ClN3O3S/c1-6-2-4-8(19-6)11(16)14-10-7(15(17)18)3-5-9(12)13-10/h2-5H,1H3,(H,13,14,16). The van der Waals surface area contributed by atoms with Gasteiger partial charge in [-0.05, 0) is 25.1 Å². The van der Waals surface area contributed by atoms with E-state index >= 15 is 0 Å². The smallest absolute Gasteiger partial charge is 0.300 e. The van der Waals surface area contributed by atoms with Crippen LogP contribution in [0, 0.1) is 17.0 Å². The second kappa shape index (κ2) is 5.33. The maximum atomic E-state index is 11.9. The van der Waals surface area contributed by atoms with Gasteiger partial charge in [0.05, 0.1) is 9.80 Å². The van der Waals surface area contributed by atoms with Crippen LogP contribution in [0.3, 0.4) is 0 Å². The first kappa shape index (κ1) is 13.4. The highest BCUT2D eigenvalue weighted by atomic mass is 35.5. The second-order valence-corrected chi connectivity index (χ2v) is 5.30. The number of rotatable bonds is 3. The van der Waals surface area contributed by atoms with Gasteiger partial charge in [0.15, 0.2) is 0 Å². The molecule has 2 aromatic rings. The molecule has 0 aliphatic carbocycles. The van der Waals surface area contributed by atoms with E-state index in [0.717, 1.165) is 4.88 Å². The molecule has 6 nitrogen and oxygen atoms in total. The van der Waals surface area contributed by atoms with Crippen LogP contribution in [0.5, 0.6) is 0 Å². The first-order valence-corrected chi connectivity index (χ1v) is 6.35. The Hall–Kier alpha value is -1.99. The van der Waals surface area contributed by atoms with Gasteiger partial charge in [-0.3, -0.25) is 14.9 Å². The Morgan fingerprint density at radius 3 is 2.74 bits per heavy atom. The maximum absolute atomic E-state index is 11.9. The lowest BCUT2D eigenvalue weighted by Gasteiger charge is -2.03. The summed E-state index contributed by atoms with van der Waals surface area (Å²) in [5.41, 5.74) is -0.300. The Morgan fingerprint density at radius 1 is 1.42 bits per heavy atom. The molecule has 0 spiro atoms. The van der Waals surface area contributed by atoms with Crippen molar-refractivity contribution < 1.29 is 9.72 Å². The molecule has 0 atom stereocenters. The fraction of sp³-hybridized carbons (Fsp3) is 0.0909. The topological polar surface area (TPSA) is 85.1 Å². The number of hydrogen-bond donors (Lipinski definition) is 1. The van der Waals surface area contributed by atoms with Gasteiger partial charge in [-0.25, -0.2) is 4.98 Å². The van der Waals surface area contributed by atoms with Gasteiger partial charge < -0.3 is 5.32 Å². The number of aromatic nitrogens is 1. The minimum atomic E-state index is -0.626. The molecule has 2 heterocycles. The Labute approximate surface area is 117 Å². The first-order chi connectivity index (χ1) is 8.97. The molecule has 0 radical (unpaired) electrons. The number of carbonyl (C=O) groups excluding carboxylic acids is 1. The third-order valence-corrected chi connectivity index (χ3v) is 3.44. The Bertz CT molecular complexity index is 656. The molecular weight excluding hydrogens is 290 g/mol. The van der Waals surface area contributed by atoms with E-state index in [4.69, 9.17) is 11.6 Å². The molecule has 0 bridgehead atoms. The van der Waals surface area contributed by atoms with E-state index in [1.807, 2.05) is 6.92 Å². The fourth-order valence-electron chi connectivity index (χ4n) is 1.39. The van der Waals surface area contributed by atoms with Gasteiger partial charge in [0.1, 0.15) is 5.15 Å². The molecule has 0 saturated carbocycles. The minimum Gasteiger partial charge on any atom is -0.300 e. The number of amides is 1. The molecule has 0 fully saturated rings. The lowest BCUT2D eigenvalue weighted by atomic mass is 10.3. The van der Waals surface area contributed by atoms with Crippen LogP contribution >= 0.6 is 22.9 Å². The summed E-state index contributed by atoms with van der Waals surface area (Å²) in [5.74, 6) is -0.607. The molecule has 98 valence electrons. The van der Waals surface area contributed by atoms with E-state index in [1.54, 1.807) is 12.1 Å². The molecule has 8 heteroatoms. The van der Waals surface area contributed by atoms with E-state index in [0.29, 0.717) is 4.88 Å². The number of hydrogen-bond acceptors (Lipinski definition) is 5. The van der Waals surface area contributed by atoms with Crippen LogP contribution in [0.1, 0.15) is 14.5 Å². The third-order valence-electron chi connectivity index (χ3n) is 2.23. The molecule has 2 aromatic heterocycles. The second-order valence-electron chi connectivity index (χ2n) is 3.62. The number of anilines is 1. The van der Waals surface area contributed by atoms with Gasteiger partial charge in [-0.15, -0.1) is 11.3 Å². The first-order valence-electron chi connectivity index (χ1n) is 5.16. The van der Waals surface area contributed by atoms with Crippen LogP contribution < -0.4 is 5.32 Å². The monoisotopic (exact) mass is 297 g/mol. The third kappa shape index (κ3) is 3.07. The minimum absolute atomic E-state index is 0.0725. The molecule has 1 amide bonds. The highest BCUT2D eigenvalue weighted by Crippen LogP contribution is 2.25. The number of halogens is 1. The van der Waals surface area contributed by atoms with Crippen molar-refractivity contribution in [1.82, 2.24) is 4.98 Å². The van der Waals surface area contributed by atoms with Crippen molar-refractivity contribution in [3.05, 3.63) is 49.3 Å². The van der Waals surface area contributed by atoms with Gasteiger partial charge in [-0.2, -0.15) is 0 Å². The van der Waals surface area contributed by atoms with E-state index in [2.05, 4.69) is 10.3 Å². The fourth-order valence-corrected chi connectivity index (χ4v) is 2.30. The van der Waals surface area contributed by atoms with Crippen LogP contribution in [0.4, 0.5) is 11.5 Å². The van der Waals surface area contributed by atoms with Crippen molar-refractivity contribution in [2.24, 2.45) is 0 Å². The molecule has 2 rings (SSSR count). The van der Waals surface area contributed by atoms with Crippen LogP contribution in [0.25, 0.3) is 0 Å². The number of nitrogens with one attached hydrogen (secondary N) is 1.